The number of hydrogen-bond acceptors (Lipinski definition) is 3. The average molecular weight is 313 g/mol. The molecule has 0 bridgehead atoms. The molecule has 18 heavy (non-hydrogen) atoms. The van der Waals surface area contributed by atoms with Gasteiger partial charge in [0.15, 0.2) is 11.4 Å². The summed E-state index contributed by atoms with van der Waals surface area (Å²) in [6.45, 7) is 0. The molecule has 2 aromatic rings. The Balaban J connectivity index is 2.55. The van der Waals surface area contributed by atoms with Gasteiger partial charge in [0.1, 0.15) is 5.82 Å². The van der Waals surface area contributed by atoms with E-state index in [9.17, 15) is 9.18 Å². The zero-order chi connectivity index (χ0) is 13.3. The first-order chi connectivity index (χ1) is 8.56. The predicted molar refractivity (Wildman–Crippen MR) is 67.3 cm³/mol. The summed E-state index contributed by atoms with van der Waals surface area (Å²) >= 11 is 3.07. The molecule has 1 aromatic heterocycles. The maximum absolute atomic E-state index is 13.4. The van der Waals surface area contributed by atoms with Gasteiger partial charge in [-0.2, -0.15) is 5.10 Å². The summed E-state index contributed by atoms with van der Waals surface area (Å²) in [6, 6.07) is 4.31. The maximum atomic E-state index is 13.4. The van der Waals surface area contributed by atoms with Gasteiger partial charge in [-0.1, -0.05) is 6.07 Å². The van der Waals surface area contributed by atoms with Gasteiger partial charge in [0, 0.05) is 12.6 Å². The van der Waals surface area contributed by atoms with Gasteiger partial charge in [0.2, 0.25) is 5.78 Å². The van der Waals surface area contributed by atoms with Crippen LogP contribution in [-0.2, 0) is 7.05 Å². The van der Waals surface area contributed by atoms with Crippen LogP contribution in [0.5, 0.6) is 5.75 Å². The Hall–Kier alpha value is -1.69. The molecule has 6 heteroatoms. The number of hydrogen-bond donors (Lipinski definition) is 0. The number of nitrogens with zero attached hydrogens (tertiary/aromatic N) is 2. The van der Waals surface area contributed by atoms with Crippen molar-refractivity contribution in [3.8, 4) is 5.75 Å². The molecule has 0 atom stereocenters. The highest BCUT2D eigenvalue weighted by Crippen LogP contribution is 2.26. The van der Waals surface area contributed by atoms with Crippen LogP contribution in [0, 0.1) is 5.82 Å². The number of ether oxygens (including phenoxy) is 1. The normalized spacial score (nSPS) is 10.4. The number of methoxy groups -OCH3 is 1. The van der Waals surface area contributed by atoms with E-state index in [1.54, 1.807) is 13.1 Å². The maximum Gasteiger partial charge on any atom is 0.216 e. The second-order valence-electron chi connectivity index (χ2n) is 3.62. The fraction of sp³-hybridized carbons (Fsp3) is 0.167. The van der Waals surface area contributed by atoms with E-state index in [1.165, 1.54) is 30.1 Å². The Morgan fingerprint density at radius 1 is 1.50 bits per heavy atom. The van der Waals surface area contributed by atoms with Crippen LogP contribution in [-0.4, -0.2) is 22.7 Å². The van der Waals surface area contributed by atoms with Crippen molar-refractivity contribution in [2.75, 3.05) is 7.11 Å². The zero-order valence-corrected chi connectivity index (χ0v) is 11.4. The van der Waals surface area contributed by atoms with E-state index in [4.69, 9.17) is 4.74 Å². The number of aromatic nitrogens is 2. The van der Waals surface area contributed by atoms with Gasteiger partial charge in [0.05, 0.1) is 17.8 Å². The van der Waals surface area contributed by atoms with E-state index in [-0.39, 0.29) is 21.5 Å². The third kappa shape index (κ3) is 2.03. The molecule has 1 heterocycles. The fourth-order valence-electron chi connectivity index (χ4n) is 1.63. The lowest BCUT2D eigenvalue weighted by Gasteiger charge is -2.06. The highest BCUT2D eigenvalue weighted by atomic mass is 79.9. The van der Waals surface area contributed by atoms with Crippen LogP contribution in [0.15, 0.2) is 28.9 Å². The lowest BCUT2D eigenvalue weighted by atomic mass is 10.1. The lowest BCUT2D eigenvalue weighted by molar-refractivity contribution is 0.102. The van der Waals surface area contributed by atoms with Crippen molar-refractivity contribution in [2.45, 2.75) is 0 Å². The molecule has 0 saturated carbocycles. The highest BCUT2D eigenvalue weighted by Gasteiger charge is 2.22. The molecule has 0 N–H and O–H groups in total. The number of benzene rings is 1. The van der Waals surface area contributed by atoms with Gasteiger partial charge < -0.3 is 4.74 Å². The number of rotatable bonds is 3. The van der Waals surface area contributed by atoms with Gasteiger partial charge in [0.25, 0.3) is 0 Å². The van der Waals surface area contributed by atoms with E-state index >= 15 is 0 Å². The molecule has 0 amide bonds. The van der Waals surface area contributed by atoms with Crippen molar-refractivity contribution < 1.29 is 13.9 Å². The first kappa shape index (κ1) is 12.8. The van der Waals surface area contributed by atoms with Crippen LogP contribution in [0.2, 0.25) is 0 Å². The third-order valence-electron chi connectivity index (χ3n) is 2.54. The molecule has 2 rings (SSSR count). The van der Waals surface area contributed by atoms with Crippen molar-refractivity contribution in [1.29, 1.82) is 0 Å². The van der Waals surface area contributed by atoms with Crippen molar-refractivity contribution in [3.63, 3.8) is 0 Å². The summed E-state index contributed by atoms with van der Waals surface area (Å²) in [5, 5.41) is 3.95. The van der Waals surface area contributed by atoms with Crippen molar-refractivity contribution >= 4 is 21.7 Å². The lowest BCUT2D eigenvalue weighted by Crippen LogP contribution is -2.10. The number of ketones is 1. The van der Waals surface area contributed by atoms with Crippen LogP contribution in [0.4, 0.5) is 4.39 Å². The van der Waals surface area contributed by atoms with Gasteiger partial charge >= 0.3 is 0 Å². The summed E-state index contributed by atoms with van der Waals surface area (Å²) in [5.41, 5.74) is 0.515. The van der Waals surface area contributed by atoms with Crippen LogP contribution < -0.4 is 4.74 Å². The third-order valence-corrected chi connectivity index (χ3v) is 3.34. The summed E-state index contributed by atoms with van der Waals surface area (Å²) in [4.78, 5) is 12.3. The highest BCUT2D eigenvalue weighted by molar-refractivity contribution is 9.10. The molecule has 0 unspecified atom stereocenters. The Labute approximate surface area is 111 Å². The van der Waals surface area contributed by atoms with E-state index in [2.05, 4.69) is 21.0 Å². The molecule has 0 aliphatic heterocycles. The molecule has 1 aromatic carbocycles. The molecule has 4 nitrogen and oxygen atoms in total. The monoisotopic (exact) mass is 312 g/mol. The smallest absolute Gasteiger partial charge is 0.216 e. The Kier molecular flexibility index (Phi) is 3.47. The molecule has 0 fully saturated rings. The first-order valence-corrected chi connectivity index (χ1v) is 5.90. The molecule has 0 saturated heterocycles. The Morgan fingerprint density at radius 3 is 2.89 bits per heavy atom. The van der Waals surface area contributed by atoms with E-state index in [1.807, 2.05) is 0 Å². The quantitative estimate of drug-likeness (QED) is 0.818. The minimum Gasteiger partial charge on any atom is -0.493 e. The summed E-state index contributed by atoms with van der Waals surface area (Å²) in [5.74, 6) is -0.473. The van der Waals surface area contributed by atoms with Gasteiger partial charge in [-0.05, 0) is 28.1 Å². The molecular formula is C12H10BrFN2O2. The van der Waals surface area contributed by atoms with E-state index in [0.29, 0.717) is 5.75 Å². The van der Waals surface area contributed by atoms with Crippen LogP contribution in [0.3, 0.4) is 0 Å². The number of aryl methyl sites for hydroxylation is 1. The van der Waals surface area contributed by atoms with Gasteiger partial charge in [-0.25, -0.2) is 4.39 Å². The second-order valence-corrected chi connectivity index (χ2v) is 4.41. The van der Waals surface area contributed by atoms with Crippen molar-refractivity contribution in [1.82, 2.24) is 9.78 Å². The van der Waals surface area contributed by atoms with Gasteiger partial charge in [-0.3, -0.25) is 9.48 Å². The molecular weight excluding hydrogens is 303 g/mol. The Morgan fingerprint density at radius 2 is 2.22 bits per heavy atom. The summed E-state index contributed by atoms with van der Waals surface area (Å²) in [6.07, 6.45) is 1.44. The first-order valence-electron chi connectivity index (χ1n) is 5.11. The summed E-state index contributed by atoms with van der Waals surface area (Å²) in [7, 11) is 3.08. The number of carbonyl (C=O) groups is 1. The standard InChI is InChI=1S/C12H10BrFN2O2/c1-16-11(9(18-2)6-15-16)12(17)7-4-3-5-8(14)10(7)13/h3-6H,1-2H3. The molecule has 0 radical (unpaired) electrons. The van der Waals surface area contributed by atoms with Crippen LogP contribution >= 0.6 is 15.9 Å². The van der Waals surface area contributed by atoms with Crippen molar-refractivity contribution in [2.24, 2.45) is 7.05 Å². The molecule has 94 valence electrons. The van der Waals surface area contributed by atoms with Crippen molar-refractivity contribution in [3.05, 3.63) is 45.9 Å². The Bertz CT molecular complexity index is 610. The van der Waals surface area contributed by atoms with Crippen LogP contribution in [0.1, 0.15) is 16.1 Å². The van der Waals surface area contributed by atoms with Crippen LogP contribution in [0.25, 0.3) is 0 Å². The molecule has 0 aliphatic carbocycles. The molecule has 0 aliphatic rings. The molecule has 0 spiro atoms. The van der Waals surface area contributed by atoms with E-state index in [0.717, 1.165) is 0 Å². The van der Waals surface area contributed by atoms with Gasteiger partial charge in [-0.15, -0.1) is 0 Å². The fourth-order valence-corrected chi connectivity index (χ4v) is 2.08. The van der Waals surface area contributed by atoms with E-state index < -0.39 is 5.82 Å². The number of carbonyl (C=O) groups excluding carboxylic acids is 1. The second kappa shape index (κ2) is 4.89. The topological polar surface area (TPSA) is 44.1 Å². The summed E-state index contributed by atoms with van der Waals surface area (Å²) < 4.78 is 20.0. The average Bonchev–Trinajstić information content (AvgIpc) is 2.73. The SMILES string of the molecule is COc1cnn(C)c1C(=O)c1cccc(F)c1Br. The zero-order valence-electron chi connectivity index (χ0n) is 9.78. The largest absolute Gasteiger partial charge is 0.493 e. The minimum atomic E-state index is -0.484. The predicted octanol–water partition coefficient (Wildman–Crippen LogP) is 2.56. The minimum absolute atomic E-state index is 0.137. The number of halogens is 2.